The lowest BCUT2D eigenvalue weighted by molar-refractivity contribution is -0.134. The molecule has 0 aliphatic heterocycles. The zero-order valence-corrected chi connectivity index (χ0v) is 11.2. The number of ether oxygens (including phenoxy) is 1. The van der Waals surface area contributed by atoms with Gasteiger partial charge in [-0.1, -0.05) is 30.3 Å². The van der Waals surface area contributed by atoms with E-state index in [9.17, 15) is 10.0 Å². The molecule has 1 unspecified atom stereocenters. The number of nitrogens with zero attached hydrogens (tertiary/aromatic N) is 1. The lowest BCUT2D eigenvalue weighted by Crippen LogP contribution is -2.44. The number of amides is 1. The number of hydroxylamine groups is 1. The molecular weight excluding hydrogens is 232 g/mol. The SMILES string of the molecule is CC(NN(O)C(=O)OC(C)(C)C)c1ccccc1. The van der Waals surface area contributed by atoms with E-state index in [4.69, 9.17) is 4.74 Å². The summed E-state index contributed by atoms with van der Waals surface area (Å²) in [6.45, 7) is 7.04. The van der Waals surface area contributed by atoms with Crippen molar-refractivity contribution in [3.63, 3.8) is 0 Å². The topological polar surface area (TPSA) is 61.8 Å². The predicted molar refractivity (Wildman–Crippen MR) is 67.9 cm³/mol. The van der Waals surface area contributed by atoms with Gasteiger partial charge in [-0.15, -0.1) is 5.17 Å². The van der Waals surface area contributed by atoms with Crippen molar-refractivity contribution in [3.05, 3.63) is 35.9 Å². The van der Waals surface area contributed by atoms with Crippen LogP contribution in [0.25, 0.3) is 0 Å². The average molecular weight is 252 g/mol. The summed E-state index contributed by atoms with van der Waals surface area (Å²) in [6.07, 6.45) is -0.828. The van der Waals surface area contributed by atoms with Crippen LogP contribution in [0.4, 0.5) is 4.79 Å². The van der Waals surface area contributed by atoms with Crippen LogP contribution in [0.3, 0.4) is 0 Å². The summed E-state index contributed by atoms with van der Waals surface area (Å²) in [7, 11) is 0. The second-order valence-corrected chi connectivity index (χ2v) is 5.05. The van der Waals surface area contributed by atoms with Gasteiger partial charge in [-0.25, -0.2) is 4.79 Å². The Morgan fingerprint density at radius 2 is 1.89 bits per heavy atom. The van der Waals surface area contributed by atoms with E-state index in [1.807, 2.05) is 37.3 Å². The van der Waals surface area contributed by atoms with Crippen LogP contribution < -0.4 is 5.43 Å². The number of carbonyl (C=O) groups excluding carboxylic acids is 1. The first kappa shape index (κ1) is 14.5. The molecule has 0 aliphatic carbocycles. The molecule has 0 aliphatic rings. The summed E-state index contributed by atoms with van der Waals surface area (Å²) >= 11 is 0. The molecule has 0 saturated heterocycles. The third-order valence-corrected chi connectivity index (χ3v) is 2.18. The highest BCUT2D eigenvalue weighted by Gasteiger charge is 2.22. The smallest absolute Gasteiger partial charge is 0.441 e. The largest absolute Gasteiger partial charge is 0.449 e. The Morgan fingerprint density at radius 1 is 1.33 bits per heavy atom. The molecule has 0 radical (unpaired) electrons. The lowest BCUT2D eigenvalue weighted by Gasteiger charge is -2.25. The minimum Gasteiger partial charge on any atom is -0.441 e. The molecule has 5 heteroatoms. The van der Waals surface area contributed by atoms with E-state index < -0.39 is 11.7 Å². The number of nitrogens with one attached hydrogen (secondary N) is 1. The molecule has 1 aromatic rings. The fraction of sp³-hybridized carbons (Fsp3) is 0.462. The van der Waals surface area contributed by atoms with Crippen LogP contribution in [0.2, 0.25) is 0 Å². The summed E-state index contributed by atoms with van der Waals surface area (Å²) in [4.78, 5) is 11.5. The number of rotatable bonds is 3. The summed E-state index contributed by atoms with van der Waals surface area (Å²) in [5, 5.41) is 9.94. The highest BCUT2D eigenvalue weighted by atomic mass is 16.7. The Labute approximate surface area is 107 Å². The van der Waals surface area contributed by atoms with E-state index in [1.165, 1.54) is 0 Å². The molecule has 1 amide bonds. The molecule has 5 nitrogen and oxygen atoms in total. The van der Waals surface area contributed by atoms with Gasteiger partial charge in [0, 0.05) is 0 Å². The van der Waals surface area contributed by atoms with Gasteiger partial charge in [-0.3, -0.25) is 5.21 Å². The molecule has 1 rings (SSSR count). The van der Waals surface area contributed by atoms with Crippen molar-refractivity contribution < 1.29 is 14.7 Å². The number of hydrazine groups is 1. The maximum absolute atomic E-state index is 11.5. The van der Waals surface area contributed by atoms with Crippen molar-refractivity contribution in [2.45, 2.75) is 39.3 Å². The Morgan fingerprint density at radius 3 is 2.39 bits per heavy atom. The predicted octanol–water partition coefficient (Wildman–Crippen LogP) is 2.88. The lowest BCUT2D eigenvalue weighted by atomic mass is 10.1. The van der Waals surface area contributed by atoms with Crippen LogP contribution in [0.5, 0.6) is 0 Å². The molecule has 1 aromatic carbocycles. The third kappa shape index (κ3) is 4.73. The molecule has 0 aromatic heterocycles. The van der Waals surface area contributed by atoms with Crippen LogP contribution in [-0.4, -0.2) is 22.1 Å². The van der Waals surface area contributed by atoms with Gasteiger partial charge in [0.1, 0.15) is 5.60 Å². The molecule has 0 spiro atoms. The average Bonchev–Trinajstić information content (AvgIpc) is 2.27. The monoisotopic (exact) mass is 252 g/mol. The van der Waals surface area contributed by atoms with Gasteiger partial charge in [-0.05, 0) is 33.3 Å². The van der Waals surface area contributed by atoms with Crippen LogP contribution >= 0.6 is 0 Å². The van der Waals surface area contributed by atoms with Crippen LogP contribution in [0.1, 0.15) is 39.3 Å². The van der Waals surface area contributed by atoms with Gasteiger partial charge in [0.2, 0.25) is 0 Å². The summed E-state index contributed by atoms with van der Waals surface area (Å²) in [6, 6.07) is 9.29. The van der Waals surface area contributed by atoms with Crippen LogP contribution in [0.15, 0.2) is 30.3 Å². The molecule has 100 valence electrons. The molecule has 1 atom stereocenters. The first-order chi connectivity index (χ1) is 8.29. The first-order valence-electron chi connectivity index (χ1n) is 5.82. The van der Waals surface area contributed by atoms with E-state index in [0.29, 0.717) is 5.17 Å². The summed E-state index contributed by atoms with van der Waals surface area (Å²) < 4.78 is 5.01. The molecule has 2 N–H and O–H groups in total. The normalized spacial score (nSPS) is 12.9. The molecular formula is C13H20N2O3. The van der Waals surface area contributed by atoms with Gasteiger partial charge in [0.15, 0.2) is 0 Å². The van der Waals surface area contributed by atoms with Gasteiger partial charge >= 0.3 is 6.09 Å². The Kier molecular flexibility index (Phi) is 4.69. The number of hydrogen-bond acceptors (Lipinski definition) is 4. The minimum absolute atomic E-state index is 0.205. The van der Waals surface area contributed by atoms with Crippen LogP contribution in [-0.2, 0) is 4.74 Å². The molecule has 0 bridgehead atoms. The van der Waals surface area contributed by atoms with Crippen molar-refractivity contribution in [3.8, 4) is 0 Å². The second-order valence-electron chi connectivity index (χ2n) is 5.05. The Hall–Kier alpha value is -1.59. The van der Waals surface area contributed by atoms with Gasteiger partial charge in [0.25, 0.3) is 0 Å². The van der Waals surface area contributed by atoms with Crippen molar-refractivity contribution in [1.29, 1.82) is 0 Å². The maximum atomic E-state index is 11.5. The summed E-state index contributed by atoms with van der Waals surface area (Å²) in [5.74, 6) is 0. The zero-order chi connectivity index (χ0) is 13.8. The highest BCUT2D eigenvalue weighted by Crippen LogP contribution is 2.13. The van der Waals surface area contributed by atoms with Gasteiger partial charge in [0.05, 0.1) is 6.04 Å². The Balaban J connectivity index is 2.55. The fourth-order valence-electron chi connectivity index (χ4n) is 1.36. The van der Waals surface area contributed by atoms with Gasteiger partial charge < -0.3 is 4.74 Å². The van der Waals surface area contributed by atoms with E-state index in [1.54, 1.807) is 20.8 Å². The molecule has 0 heterocycles. The number of benzene rings is 1. The first-order valence-corrected chi connectivity index (χ1v) is 5.82. The van der Waals surface area contributed by atoms with E-state index >= 15 is 0 Å². The zero-order valence-electron chi connectivity index (χ0n) is 11.2. The summed E-state index contributed by atoms with van der Waals surface area (Å²) in [5.41, 5.74) is 2.95. The molecule has 18 heavy (non-hydrogen) atoms. The minimum atomic E-state index is -0.828. The number of hydrogen-bond donors (Lipinski definition) is 2. The van der Waals surface area contributed by atoms with Crippen molar-refractivity contribution in [2.24, 2.45) is 0 Å². The molecule has 0 saturated carbocycles. The second kappa shape index (κ2) is 5.84. The highest BCUT2D eigenvalue weighted by molar-refractivity contribution is 5.66. The van der Waals surface area contributed by atoms with E-state index in [2.05, 4.69) is 5.43 Å². The van der Waals surface area contributed by atoms with Crippen molar-refractivity contribution in [1.82, 2.24) is 10.6 Å². The van der Waals surface area contributed by atoms with Gasteiger partial charge in [-0.2, -0.15) is 5.43 Å². The number of carbonyl (C=O) groups is 1. The third-order valence-electron chi connectivity index (χ3n) is 2.18. The van der Waals surface area contributed by atoms with E-state index in [0.717, 1.165) is 5.56 Å². The van der Waals surface area contributed by atoms with Crippen molar-refractivity contribution >= 4 is 6.09 Å². The molecule has 0 fully saturated rings. The van der Waals surface area contributed by atoms with Crippen LogP contribution in [0, 0.1) is 0 Å². The van der Waals surface area contributed by atoms with Crippen molar-refractivity contribution in [2.75, 3.05) is 0 Å². The fourth-order valence-corrected chi connectivity index (χ4v) is 1.36. The Bertz CT molecular complexity index is 387. The standard InChI is InChI=1S/C13H20N2O3/c1-10(11-8-6-5-7-9-11)14-15(17)12(16)18-13(2,3)4/h5-10,14,17H,1-4H3. The quantitative estimate of drug-likeness (QED) is 0.641. The van der Waals surface area contributed by atoms with E-state index in [-0.39, 0.29) is 6.04 Å². The maximum Gasteiger partial charge on any atom is 0.449 e.